The predicted molar refractivity (Wildman–Crippen MR) is 114 cm³/mol. The Labute approximate surface area is 173 Å². The van der Waals surface area contributed by atoms with Gasteiger partial charge in [-0.25, -0.2) is 0 Å². The van der Waals surface area contributed by atoms with E-state index in [2.05, 4.69) is 19.1 Å². The van der Waals surface area contributed by atoms with Crippen molar-refractivity contribution in [2.24, 2.45) is 5.92 Å². The number of rotatable bonds is 7. The minimum absolute atomic E-state index is 0.0666. The van der Waals surface area contributed by atoms with Crippen LogP contribution in [0.2, 0.25) is 0 Å². The zero-order valence-corrected chi connectivity index (χ0v) is 18.0. The number of fused-ring (bicyclic) bond motifs is 1. The van der Waals surface area contributed by atoms with E-state index in [-0.39, 0.29) is 17.9 Å². The highest BCUT2D eigenvalue weighted by Crippen LogP contribution is 2.38. The van der Waals surface area contributed by atoms with Crippen LogP contribution >= 0.6 is 0 Å². The first kappa shape index (κ1) is 21.0. The van der Waals surface area contributed by atoms with Crippen LogP contribution in [0.25, 0.3) is 0 Å². The number of amides is 1. The molecule has 1 aliphatic heterocycles. The number of carbonyl (C=O) groups is 1. The van der Waals surface area contributed by atoms with Crippen LogP contribution in [0.4, 0.5) is 0 Å². The van der Waals surface area contributed by atoms with E-state index in [1.807, 2.05) is 43.0 Å². The van der Waals surface area contributed by atoms with Crippen molar-refractivity contribution in [3.63, 3.8) is 0 Å². The molecule has 1 amide bonds. The number of methoxy groups -OCH3 is 2. The third kappa shape index (κ3) is 4.50. The van der Waals surface area contributed by atoms with Gasteiger partial charge in [0.1, 0.15) is 12.4 Å². The van der Waals surface area contributed by atoms with Gasteiger partial charge in [0.25, 0.3) is 0 Å². The fraction of sp³-hybridized carbons (Fsp3) is 0.458. The largest absolute Gasteiger partial charge is 0.493 e. The second kappa shape index (κ2) is 9.21. The third-order valence-electron chi connectivity index (χ3n) is 5.52. The van der Waals surface area contributed by atoms with Gasteiger partial charge < -0.3 is 19.1 Å². The Kier molecular flexibility index (Phi) is 6.68. The molecule has 1 atom stereocenters. The Bertz CT molecular complexity index is 845. The van der Waals surface area contributed by atoms with Crippen LogP contribution in [0.1, 0.15) is 43.5 Å². The molecule has 0 N–H and O–H groups in total. The number of hydrogen-bond acceptors (Lipinski definition) is 4. The van der Waals surface area contributed by atoms with Crippen molar-refractivity contribution in [2.45, 2.75) is 39.7 Å². The quantitative estimate of drug-likeness (QED) is 0.694. The Morgan fingerprint density at radius 2 is 1.76 bits per heavy atom. The molecule has 0 aliphatic carbocycles. The zero-order chi connectivity index (χ0) is 21.0. The average Bonchev–Trinajstić information content (AvgIpc) is 2.75. The summed E-state index contributed by atoms with van der Waals surface area (Å²) < 4.78 is 17.1. The van der Waals surface area contributed by atoms with Gasteiger partial charge in [-0.2, -0.15) is 0 Å². The summed E-state index contributed by atoms with van der Waals surface area (Å²) in [5, 5.41) is 0. The Balaban J connectivity index is 1.92. The van der Waals surface area contributed by atoms with Crippen molar-refractivity contribution in [2.75, 3.05) is 27.4 Å². The molecule has 2 aromatic carbocycles. The van der Waals surface area contributed by atoms with Gasteiger partial charge >= 0.3 is 0 Å². The van der Waals surface area contributed by atoms with Gasteiger partial charge in [-0.15, -0.1) is 0 Å². The molecule has 29 heavy (non-hydrogen) atoms. The summed E-state index contributed by atoms with van der Waals surface area (Å²) in [6.07, 6.45) is 1.78. The molecule has 2 aromatic rings. The van der Waals surface area contributed by atoms with E-state index in [0.717, 1.165) is 24.2 Å². The topological polar surface area (TPSA) is 48.0 Å². The lowest BCUT2D eigenvalue weighted by molar-refractivity contribution is -0.138. The molecule has 0 aromatic heterocycles. The van der Waals surface area contributed by atoms with Crippen LogP contribution in [-0.4, -0.2) is 38.2 Å². The minimum Gasteiger partial charge on any atom is -0.493 e. The summed E-state index contributed by atoms with van der Waals surface area (Å²) in [5.74, 6) is 2.27. The van der Waals surface area contributed by atoms with Crippen molar-refractivity contribution >= 4 is 5.91 Å². The fourth-order valence-corrected chi connectivity index (χ4v) is 3.80. The first-order valence-electron chi connectivity index (χ1n) is 10.3. The first-order valence-corrected chi connectivity index (χ1v) is 10.3. The molecule has 0 radical (unpaired) electrons. The third-order valence-corrected chi connectivity index (χ3v) is 5.52. The molecule has 0 unspecified atom stereocenters. The number of benzene rings is 2. The highest BCUT2D eigenvalue weighted by molar-refractivity contribution is 5.79. The van der Waals surface area contributed by atoms with Gasteiger partial charge in [0.05, 0.1) is 20.3 Å². The highest BCUT2D eigenvalue weighted by atomic mass is 16.5. The first-order chi connectivity index (χ1) is 14.0. The van der Waals surface area contributed by atoms with Gasteiger partial charge in [-0.3, -0.25) is 4.79 Å². The van der Waals surface area contributed by atoms with Crippen molar-refractivity contribution < 1.29 is 19.0 Å². The number of ether oxygens (including phenoxy) is 3. The molecule has 1 aliphatic rings. The van der Waals surface area contributed by atoms with Gasteiger partial charge in [-0.1, -0.05) is 32.9 Å². The summed E-state index contributed by atoms with van der Waals surface area (Å²) in [6, 6.07) is 12.0. The van der Waals surface area contributed by atoms with E-state index in [4.69, 9.17) is 14.2 Å². The van der Waals surface area contributed by atoms with E-state index in [1.165, 1.54) is 11.1 Å². The molecule has 3 rings (SSSR count). The van der Waals surface area contributed by atoms with E-state index < -0.39 is 0 Å². The van der Waals surface area contributed by atoms with Gasteiger partial charge in [0, 0.05) is 12.5 Å². The molecule has 156 valence electrons. The van der Waals surface area contributed by atoms with E-state index in [9.17, 15) is 4.79 Å². The zero-order valence-electron chi connectivity index (χ0n) is 18.0. The Morgan fingerprint density at radius 3 is 2.34 bits per heavy atom. The second-order valence-electron chi connectivity index (χ2n) is 7.67. The Morgan fingerprint density at radius 1 is 1.10 bits per heavy atom. The van der Waals surface area contributed by atoms with Gasteiger partial charge in [0.15, 0.2) is 11.5 Å². The van der Waals surface area contributed by atoms with Crippen molar-refractivity contribution in [1.29, 1.82) is 0 Å². The molecule has 0 fully saturated rings. The van der Waals surface area contributed by atoms with E-state index in [0.29, 0.717) is 24.7 Å². The minimum atomic E-state index is -0.167. The van der Waals surface area contributed by atoms with Gasteiger partial charge in [0.2, 0.25) is 5.91 Å². The molecule has 0 spiro atoms. The standard InChI is InChI=1S/C24H31NO4/c1-6-17-7-9-19(10-8-17)29-15-21-20-14-23(28-5)22(27-4)13-18(20)11-12-25(21)24(26)16(2)3/h7-10,13-14,16,21H,6,11-12,15H2,1-5H3/t21-/m0/s1. The van der Waals surface area contributed by atoms with Crippen LogP contribution in [0.15, 0.2) is 36.4 Å². The molecular formula is C24H31NO4. The normalized spacial score (nSPS) is 15.8. The fourth-order valence-electron chi connectivity index (χ4n) is 3.80. The summed E-state index contributed by atoms with van der Waals surface area (Å²) in [6.45, 7) is 7.07. The van der Waals surface area contributed by atoms with Crippen molar-refractivity contribution in [1.82, 2.24) is 4.90 Å². The number of nitrogens with zero attached hydrogens (tertiary/aromatic N) is 1. The maximum atomic E-state index is 12.9. The second-order valence-corrected chi connectivity index (χ2v) is 7.67. The average molecular weight is 398 g/mol. The molecular weight excluding hydrogens is 366 g/mol. The summed E-state index contributed by atoms with van der Waals surface area (Å²) in [7, 11) is 3.27. The van der Waals surface area contributed by atoms with Crippen LogP contribution in [0, 0.1) is 5.92 Å². The van der Waals surface area contributed by atoms with E-state index in [1.54, 1.807) is 14.2 Å². The van der Waals surface area contributed by atoms with Crippen LogP contribution in [-0.2, 0) is 17.6 Å². The predicted octanol–water partition coefficient (Wildman–Crippen LogP) is 4.43. The van der Waals surface area contributed by atoms with Crippen molar-refractivity contribution in [3.05, 3.63) is 53.1 Å². The van der Waals surface area contributed by atoms with E-state index >= 15 is 0 Å². The van der Waals surface area contributed by atoms with Crippen molar-refractivity contribution in [3.8, 4) is 17.2 Å². The van der Waals surface area contributed by atoms with Crippen LogP contribution in [0.5, 0.6) is 17.2 Å². The molecule has 1 heterocycles. The molecule has 0 bridgehead atoms. The molecule has 0 saturated heterocycles. The highest BCUT2D eigenvalue weighted by Gasteiger charge is 2.33. The summed E-state index contributed by atoms with van der Waals surface area (Å²) in [4.78, 5) is 14.8. The lowest BCUT2D eigenvalue weighted by Crippen LogP contribution is -2.44. The number of carbonyl (C=O) groups excluding carboxylic acids is 1. The molecule has 5 heteroatoms. The lowest BCUT2D eigenvalue weighted by Gasteiger charge is -2.38. The monoisotopic (exact) mass is 397 g/mol. The molecule has 0 saturated carbocycles. The number of aryl methyl sites for hydroxylation is 1. The number of hydrogen-bond donors (Lipinski definition) is 0. The SMILES string of the molecule is CCc1ccc(OC[C@H]2c3cc(OC)c(OC)cc3CCN2C(=O)C(C)C)cc1. The van der Waals surface area contributed by atoms with Crippen LogP contribution < -0.4 is 14.2 Å². The van der Waals surface area contributed by atoms with Crippen LogP contribution in [0.3, 0.4) is 0 Å². The molecule has 5 nitrogen and oxygen atoms in total. The smallest absolute Gasteiger partial charge is 0.225 e. The van der Waals surface area contributed by atoms with Gasteiger partial charge in [-0.05, 0) is 53.8 Å². The lowest BCUT2D eigenvalue weighted by atomic mass is 9.91. The maximum absolute atomic E-state index is 12.9. The summed E-state index contributed by atoms with van der Waals surface area (Å²) in [5.41, 5.74) is 3.51. The maximum Gasteiger partial charge on any atom is 0.225 e. The summed E-state index contributed by atoms with van der Waals surface area (Å²) >= 11 is 0. The Hall–Kier alpha value is -2.69.